The van der Waals surface area contributed by atoms with Crippen LogP contribution >= 0.6 is 0 Å². The third-order valence-corrected chi connectivity index (χ3v) is 5.14. The first-order chi connectivity index (χ1) is 14.3. The Morgan fingerprint density at radius 2 is 1.28 bits per heavy atom. The molecule has 0 saturated carbocycles. The zero-order valence-corrected chi connectivity index (χ0v) is 16.1. The van der Waals surface area contributed by atoms with Crippen molar-refractivity contribution in [3.63, 3.8) is 0 Å². The lowest BCUT2D eigenvalue weighted by atomic mass is 10.1. The summed E-state index contributed by atoms with van der Waals surface area (Å²) in [6.07, 6.45) is 0.665. The van der Waals surface area contributed by atoms with Gasteiger partial charge in [-0.1, -0.05) is 52.9 Å². The van der Waals surface area contributed by atoms with Crippen molar-refractivity contribution < 1.29 is 0 Å². The monoisotopic (exact) mass is 383 g/mol. The standard InChI is InChI=1S/C22H21N7/c1-16(28-20-13-7-5-11-18(20)24-26-28)15-22(23-17-9-3-2-4-10-17)29-21-14-8-6-12-19(21)25-27-29/h2-14,16,22-23H,15H2,1H3. The van der Waals surface area contributed by atoms with E-state index in [-0.39, 0.29) is 12.2 Å². The normalized spacial score (nSPS) is 13.6. The quantitative estimate of drug-likeness (QED) is 0.469. The zero-order chi connectivity index (χ0) is 19.6. The summed E-state index contributed by atoms with van der Waals surface area (Å²) in [5.41, 5.74) is 4.84. The molecule has 2 unspecified atom stereocenters. The van der Waals surface area contributed by atoms with Crippen LogP contribution in [0.15, 0.2) is 78.9 Å². The second-order valence-corrected chi connectivity index (χ2v) is 7.16. The Kier molecular flexibility index (Phi) is 4.40. The smallest absolute Gasteiger partial charge is 0.125 e. The number of hydrogen-bond acceptors (Lipinski definition) is 5. The van der Waals surface area contributed by atoms with E-state index in [4.69, 9.17) is 0 Å². The fourth-order valence-electron chi connectivity index (χ4n) is 3.70. The number of fused-ring (bicyclic) bond motifs is 2. The van der Waals surface area contributed by atoms with Gasteiger partial charge in [-0.3, -0.25) is 0 Å². The van der Waals surface area contributed by atoms with E-state index in [9.17, 15) is 0 Å². The lowest BCUT2D eigenvalue weighted by Crippen LogP contribution is -2.23. The van der Waals surface area contributed by atoms with Crippen LogP contribution in [0.25, 0.3) is 22.1 Å². The number of rotatable bonds is 6. The molecule has 29 heavy (non-hydrogen) atoms. The molecule has 0 aliphatic heterocycles. The molecule has 2 atom stereocenters. The molecule has 0 saturated heterocycles. The van der Waals surface area contributed by atoms with E-state index in [1.54, 1.807) is 0 Å². The van der Waals surface area contributed by atoms with E-state index in [0.29, 0.717) is 0 Å². The maximum Gasteiger partial charge on any atom is 0.125 e. The van der Waals surface area contributed by atoms with Crippen molar-refractivity contribution in [3.8, 4) is 0 Å². The first-order valence-electron chi connectivity index (χ1n) is 9.71. The molecule has 0 fully saturated rings. The van der Waals surface area contributed by atoms with Gasteiger partial charge in [0.15, 0.2) is 0 Å². The lowest BCUT2D eigenvalue weighted by Gasteiger charge is -2.24. The molecule has 0 bridgehead atoms. The van der Waals surface area contributed by atoms with E-state index < -0.39 is 0 Å². The molecule has 0 aliphatic rings. The fourth-order valence-corrected chi connectivity index (χ4v) is 3.70. The Morgan fingerprint density at radius 3 is 1.97 bits per heavy atom. The molecule has 3 aromatic carbocycles. The Hall–Kier alpha value is -3.74. The molecular weight excluding hydrogens is 362 g/mol. The molecule has 2 heterocycles. The van der Waals surface area contributed by atoms with Crippen LogP contribution in [0.4, 0.5) is 5.69 Å². The average molecular weight is 383 g/mol. The van der Waals surface area contributed by atoms with E-state index >= 15 is 0 Å². The van der Waals surface area contributed by atoms with Gasteiger partial charge in [-0.15, -0.1) is 10.2 Å². The molecule has 5 aromatic rings. The van der Waals surface area contributed by atoms with E-state index in [1.165, 1.54) is 0 Å². The summed E-state index contributed by atoms with van der Waals surface area (Å²) in [6.45, 7) is 2.15. The van der Waals surface area contributed by atoms with Gasteiger partial charge in [-0.05, 0) is 43.3 Å². The average Bonchev–Trinajstić information content (AvgIpc) is 3.38. The highest BCUT2D eigenvalue weighted by molar-refractivity contribution is 5.74. The van der Waals surface area contributed by atoms with Crippen molar-refractivity contribution >= 4 is 27.8 Å². The first-order valence-corrected chi connectivity index (χ1v) is 9.71. The minimum Gasteiger partial charge on any atom is -0.364 e. The van der Waals surface area contributed by atoms with E-state index in [2.05, 4.69) is 51.1 Å². The third-order valence-electron chi connectivity index (χ3n) is 5.14. The predicted molar refractivity (Wildman–Crippen MR) is 113 cm³/mol. The van der Waals surface area contributed by atoms with Crippen molar-refractivity contribution in [2.45, 2.75) is 25.6 Å². The van der Waals surface area contributed by atoms with Crippen LogP contribution in [0.2, 0.25) is 0 Å². The first kappa shape index (κ1) is 17.4. The highest BCUT2D eigenvalue weighted by atomic mass is 15.5. The third kappa shape index (κ3) is 3.31. The van der Waals surface area contributed by atoms with Crippen LogP contribution in [0.1, 0.15) is 25.6 Å². The largest absolute Gasteiger partial charge is 0.364 e. The van der Waals surface area contributed by atoms with Crippen molar-refractivity contribution in [2.75, 3.05) is 5.32 Å². The van der Waals surface area contributed by atoms with E-state index in [1.807, 2.05) is 70.0 Å². The van der Waals surface area contributed by atoms with Crippen molar-refractivity contribution in [1.29, 1.82) is 0 Å². The van der Waals surface area contributed by atoms with Crippen molar-refractivity contribution in [1.82, 2.24) is 30.0 Å². The van der Waals surface area contributed by atoms with Gasteiger partial charge in [0.25, 0.3) is 0 Å². The Morgan fingerprint density at radius 1 is 0.724 bits per heavy atom. The van der Waals surface area contributed by atoms with Crippen molar-refractivity contribution in [3.05, 3.63) is 78.9 Å². The number of para-hydroxylation sites is 3. The summed E-state index contributed by atoms with van der Waals surface area (Å²) < 4.78 is 3.94. The molecule has 1 N–H and O–H groups in total. The van der Waals surface area contributed by atoms with Crippen LogP contribution < -0.4 is 5.32 Å². The van der Waals surface area contributed by atoms with Gasteiger partial charge < -0.3 is 5.32 Å². The summed E-state index contributed by atoms with van der Waals surface area (Å²) in [4.78, 5) is 0. The molecular formula is C22H21N7. The molecule has 7 heteroatoms. The second-order valence-electron chi connectivity index (χ2n) is 7.16. The minimum absolute atomic E-state index is 0.0947. The zero-order valence-electron chi connectivity index (χ0n) is 16.1. The Bertz CT molecular complexity index is 1240. The summed E-state index contributed by atoms with van der Waals surface area (Å²) in [7, 11) is 0. The van der Waals surface area contributed by atoms with Crippen LogP contribution in [0.3, 0.4) is 0 Å². The molecule has 7 nitrogen and oxygen atoms in total. The molecule has 0 aliphatic carbocycles. The summed E-state index contributed by atoms with van der Waals surface area (Å²) in [6, 6.07) is 26.3. The van der Waals surface area contributed by atoms with Crippen LogP contribution in [-0.4, -0.2) is 30.0 Å². The van der Waals surface area contributed by atoms with Gasteiger partial charge in [0, 0.05) is 12.1 Å². The molecule has 0 radical (unpaired) electrons. The van der Waals surface area contributed by atoms with Gasteiger partial charge in [-0.25, -0.2) is 9.36 Å². The lowest BCUT2D eigenvalue weighted by molar-refractivity contribution is 0.367. The summed E-state index contributed by atoms with van der Waals surface area (Å²) in [5.74, 6) is 0. The van der Waals surface area contributed by atoms with Gasteiger partial charge in [0.1, 0.15) is 17.2 Å². The number of benzene rings is 3. The van der Waals surface area contributed by atoms with Gasteiger partial charge in [0.05, 0.1) is 17.1 Å². The topological polar surface area (TPSA) is 73.5 Å². The number of anilines is 1. The fraction of sp³-hybridized carbons (Fsp3) is 0.182. The van der Waals surface area contributed by atoms with Gasteiger partial charge in [-0.2, -0.15) is 0 Å². The number of nitrogens with one attached hydrogen (secondary N) is 1. The van der Waals surface area contributed by atoms with Crippen LogP contribution in [0, 0.1) is 0 Å². The number of nitrogens with zero attached hydrogens (tertiary/aromatic N) is 6. The minimum atomic E-state index is -0.0947. The highest BCUT2D eigenvalue weighted by Crippen LogP contribution is 2.27. The van der Waals surface area contributed by atoms with Gasteiger partial charge >= 0.3 is 0 Å². The number of hydrogen-bond donors (Lipinski definition) is 1. The maximum absolute atomic E-state index is 4.45. The summed E-state index contributed by atoms with van der Waals surface area (Å²) >= 11 is 0. The molecule has 2 aromatic heterocycles. The summed E-state index contributed by atoms with van der Waals surface area (Å²) in [5, 5.41) is 21.1. The maximum atomic E-state index is 4.45. The van der Waals surface area contributed by atoms with E-state index in [0.717, 1.165) is 34.2 Å². The molecule has 0 spiro atoms. The van der Waals surface area contributed by atoms with Gasteiger partial charge in [0.2, 0.25) is 0 Å². The molecule has 0 amide bonds. The Balaban J connectivity index is 1.51. The van der Waals surface area contributed by atoms with Crippen molar-refractivity contribution in [2.24, 2.45) is 0 Å². The highest BCUT2D eigenvalue weighted by Gasteiger charge is 2.21. The second kappa shape index (κ2) is 7.35. The Labute approximate surface area is 168 Å². The van der Waals surface area contributed by atoms with Crippen LogP contribution in [0.5, 0.6) is 0 Å². The molecule has 144 valence electrons. The predicted octanol–water partition coefficient (Wildman–Crippen LogP) is 4.44. The van der Waals surface area contributed by atoms with Crippen LogP contribution in [-0.2, 0) is 0 Å². The number of aromatic nitrogens is 6. The molecule has 5 rings (SSSR count). The SMILES string of the molecule is CC(CC(Nc1ccccc1)n1nnc2ccccc21)n1nnc2ccccc21.